The molecule has 1 unspecified atom stereocenters. The number of halogens is 1. The number of hydrogen-bond donors (Lipinski definition) is 1. The minimum Gasteiger partial charge on any atom is -0.495 e. The highest BCUT2D eigenvalue weighted by Crippen LogP contribution is 2.32. The van der Waals surface area contributed by atoms with E-state index in [0.29, 0.717) is 17.1 Å². The van der Waals surface area contributed by atoms with Crippen molar-refractivity contribution in [1.29, 1.82) is 0 Å². The SMILES string of the molecule is CCC(C(=O)Nc1c(C)cccc1C)N(c1ccc(OC)c(Cl)c1)S(C)(=O)=O. The summed E-state index contributed by atoms with van der Waals surface area (Å²) < 4.78 is 31.3. The van der Waals surface area contributed by atoms with Crippen LogP contribution in [0.1, 0.15) is 24.5 Å². The smallest absolute Gasteiger partial charge is 0.248 e. The van der Waals surface area contributed by atoms with Gasteiger partial charge in [-0.25, -0.2) is 8.42 Å². The van der Waals surface area contributed by atoms with Crippen LogP contribution in [-0.2, 0) is 14.8 Å². The molecule has 0 fully saturated rings. The molecule has 0 radical (unpaired) electrons. The Morgan fingerprint density at radius 1 is 1.21 bits per heavy atom. The fourth-order valence-corrected chi connectivity index (χ4v) is 4.53. The fraction of sp³-hybridized carbons (Fsp3) is 0.350. The first-order chi connectivity index (χ1) is 13.1. The molecule has 0 aliphatic rings. The Kier molecular flexibility index (Phi) is 6.96. The highest BCUT2D eigenvalue weighted by molar-refractivity contribution is 7.92. The van der Waals surface area contributed by atoms with Gasteiger partial charge in [0.05, 0.1) is 24.1 Å². The number of hydrogen-bond acceptors (Lipinski definition) is 4. The second kappa shape index (κ2) is 8.84. The molecule has 1 N–H and O–H groups in total. The molecule has 0 saturated heterocycles. The third-order valence-electron chi connectivity index (χ3n) is 4.45. The molecular formula is C20H25ClN2O4S. The zero-order valence-electron chi connectivity index (χ0n) is 16.6. The van der Waals surface area contributed by atoms with E-state index in [-0.39, 0.29) is 11.4 Å². The van der Waals surface area contributed by atoms with E-state index in [0.717, 1.165) is 21.7 Å². The van der Waals surface area contributed by atoms with Crippen LogP contribution in [-0.4, -0.2) is 33.7 Å². The summed E-state index contributed by atoms with van der Waals surface area (Å²) in [5.74, 6) is 0.0177. The van der Waals surface area contributed by atoms with E-state index < -0.39 is 22.0 Å². The zero-order valence-corrected chi connectivity index (χ0v) is 18.2. The molecule has 2 rings (SSSR count). The first-order valence-electron chi connectivity index (χ1n) is 8.80. The van der Waals surface area contributed by atoms with Gasteiger partial charge in [-0.3, -0.25) is 9.10 Å². The maximum atomic E-state index is 13.0. The van der Waals surface area contributed by atoms with E-state index in [4.69, 9.17) is 16.3 Å². The first-order valence-corrected chi connectivity index (χ1v) is 11.0. The molecule has 6 nitrogen and oxygen atoms in total. The van der Waals surface area contributed by atoms with Crippen LogP contribution in [0.25, 0.3) is 0 Å². The Labute approximate surface area is 171 Å². The van der Waals surface area contributed by atoms with Crippen LogP contribution in [0.15, 0.2) is 36.4 Å². The molecule has 1 amide bonds. The number of amides is 1. The largest absolute Gasteiger partial charge is 0.495 e. The average molecular weight is 425 g/mol. The molecule has 8 heteroatoms. The van der Waals surface area contributed by atoms with Gasteiger partial charge in [0, 0.05) is 5.69 Å². The van der Waals surface area contributed by atoms with Crippen LogP contribution in [0, 0.1) is 13.8 Å². The molecule has 0 aliphatic heterocycles. The number of aryl methyl sites for hydroxylation is 2. The van der Waals surface area contributed by atoms with Crippen LogP contribution in [0.4, 0.5) is 11.4 Å². The molecule has 28 heavy (non-hydrogen) atoms. The molecule has 152 valence electrons. The quantitative estimate of drug-likeness (QED) is 0.724. The Morgan fingerprint density at radius 2 is 1.82 bits per heavy atom. The number of rotatable bonds is 7. The van der Waals surface area contributed by atoms with Crippen molar-refractivity contribution < 1.29 is 17.9 Å². The highest BCUT2D eigenvalue weighted by atomic mass is 35.5. The minimum atomic E-state index is -3.75. The van der Waals surface area contributed by atoms with Crippen LogP contribution in [0.5, 0.6) is 5.75 Å². The van der Waals surface area contributed by atoms with Crippen molar-refractivity contribution in [2.45, 2.75) is 33.2 Å². The van der Waals surface area contributed by atoms with E-state index in [1.54, 1.807) is 19.1 Å². The van der Waals surface area contributed by atoms with Gasteiger partial charge in [0.1, 0.15) is 11.8 Å². The number of nitrogens with zero attached hydrogens (tertiary/aromatic N) is 1. The minimum absolute atomic E-state index is 0.263. The number of carbonyl (C=O) groups is 1. The molecule has 1 atom stereocenters. The first kappa shape index (κ1) is 22.0. The summed E-state index contributed by atoms with van der Waals surface area (Å²) >= 11 is 6.18. The Bertz CT molecular complexity index is 956. The number of para-hydroxylation sites is 1. The van der Waals surface area contributed by atoms with Gasteiger partial charge in [0.2, 0.25) is 15.9 Å². The maximum absolute atomic E-state index is 13.0. The molecule has 0 aromatic heterocycles. The van der Waals surface area contributed by atoms with Crippen molar-refractivity contribution in [3.63, 3.8) is 0 Å². The molecule has 0 heterocycles. The number of benzene rings is 2. The van der Waals surface area contributed by atoms with Crippen molar-refractivity contribution in [2.75, 3.05) is 23.0 Å². The normalized spacial score (nSPS) is 12.4. The average Bonchev–Trinajstić information content (AvgIpc) is 2.61. The van der Waals surface area contributed by atoms with Gasteiger partial charge >= 0.3 is 0 Å². The van der Waals surface area contributed by atoms with E-state index in [2.05, 4.69) is 5.32 Å². The Balaban J connectivity index is 2.46. The van der Waals surface area contributed by atoms with E-state index >= 15 is 0 Å². The molecule has 0 spiro atoms. The fourth-order valence-electron chi connectivity index (χ4n) is 3.07. The molecule has 2 aromatic carbocycles. The third-order valence-corrected chi connectivity index (χ3v) is 5.92. The van der Waals surface area contributed by atoms with Gasteiger partial charge in [0.15, 0.2) is 0 Å². The highest BCUT2D eigenvalue weighted by Gasteiger charge is 2.32. The van der Waals surface area contributed by atoms with Crippen LogP contribution in [0.2, 0.25) is 5.02 Å². The standard InChI is InChI=1S/C20H25ClN2O4S/c1-6-17(20(24)22-19-13(2)8-7-9-14(19)3)23(28(5,25)26)15-10-11-18(27-4)16(21)12-15/h7-12,17H,6H2,1-5H3,(H,22,24). The third kappa shape index (κ3) is 4.77. The molecule has 0 bridgehead atoms. The number of carbonyl (C=O) groups excluding carboxylic acids is 1. The second-order valence-corrected chi connectivity index (χ2v) is 8.82. The second-order valence-electron chi connectivity index (χ2n) is 6.56. The summed E-state index contributed by atoms with van der Waals surface area (Å²) in [6, 6.07) is 9.38. The predicted molar refractivity (Wildman–Crippen MR) is 114 cm³/mol. The van der Waals surface area contributed by atoms with Gasteiger partial charge in [-0.2, -0.15) is 0 Å². The number of methoxy groups -OCH3 is 1. The molecule has 2 aromatic rings. The lowest BCUT2D eigenvalue weighted by molar-refractivity contribution is -0.117. The summed E-state index contributed by atoms with van der Waals surface area (Å²) in [5.41, 5.74) is 2.80. The lowest BCUT2D eigenvalue weighted by atomic mass is 10.1. The summed E-state index contributed by atoms with van der Waals surface area (Å²) in [4.78, 5) is 13.0. The van der Waals surface area contributed by atoms with Gasteiger partial charge in [-0.05, 0) is 49.6 Å². The van der Waals surface area contributed by atoms with E-state index in [1.165, 1.54) is 13.2 Å². The zero-order chi connectivity index (χ0) is 21.1. The number of ether oxygens (including phenoxy) is 1. The molecule has 0 aliphatic carbocycles. The Hall–Kier alpha value is -2.25. The van der Waals surface area contributed by atoms with Gasteiger partial charge in [0.25, 0.3) is 0 Å². The predicted octanol–water partition coefficient (Wildman–Crippen LogP) is 4.15. The van der Waals surface area contributed by atoms with E-state index in [9.17, 15) is 13.2 Å². The molecule has 0 saturated carbocycles. The van der Waals surface area contributed by atoms with Crippen LogP contribution >= 0.6 is 11.6 Å². The summed E-state index contributed by atoms with van der Waals surface area (Å²) in [6.45, 7) is 5.54. The van der Waals surface area contributed by atoms with Crippen molar-refractivity contribution >= 4 is 38.9 Å². The summed E-state index contributed by atoms with van der Waals surface area (Å²) in [6.07, 6.45) is 1.35. The molecular weight excluding hydrogens is 400 g/mol. The lowest BCUT2D eigenvalue weighted by Crippen LogP contribution is -2.47. The monoisotopic (exact) mass is 424 g/mol. The topological polar surface area (TPSA) is 75.7 Å². The van der Waals surface area contributed by atoms with Crippen LogP contribution in [0.3, 0.4) is 0 Å². The van der Waals surface area contributed by atoms with Crippen LogP contribution < -0.4 is 14.4 Å². The number of nitrogens with one attached hydrogen (secondary N) is 1. The number of anilines is 2. The summed E-state index contributed by atoms with van der Waals surface area (Å²) in [7, 11) is -2.28. The van der Waals surface area contributed by atoms with Crippen molar-refractivity contribution in [1.82, 2.24) is 0 Å². The van der Waals surface area contributed by atoms with Gasteiger partial charge in [-0.1, -0.05) is 36.7 Å². The van der Waals surface area contributed by atoms with E-state index in [1.807, 2.05) is 32.0 Å². The number of sulfonamides is 1. The van der Waals surface area contributed by atoms with Gasteiger partial charge < -0.3 is 10.1 Å². The maximum Gasteiger partial charge on any atom is 0.248 e. The van der Waals surface area contributed by atoms with Crippen molar-refractivity contribution in [3.05, 3.63) is 52.5 Å². The Morgan fingerprint density at radius 3 is 2.29 bits per heavy atom. The van der Waals surface area contributed by atoms with Gasteiger partial charge in [-0.15, -0.1) is 0 Å². The van der Waals surface area contributed by atoms with Crippen molar-refractivity contribution in [3.8, 4) is 5.75 Å². The van der Waals surface area contributed by atoms with Crippen molar-refractivity contribution in [2.24, 2.45) is 0 Å². The summed E-state index contributed by atoms with van der Waals surface area (Å²) in [5, 5.41) is 3.15. The lowest BCUT2D eigenvalue weighted by Gasteiger charge is -2.30.